The van der Waals surface area contributed by atoms with Crippen LogP contribution < -0.4 is 5.32 Å². The molecular weight excluding hydrogens is 270 g/mol. The molecule has 4 saturated heterocycles. The van der Waals surface area contributed by atoms with Gasteiger partial charge >= 0.3 is 0 Å². The van der Waals surface area contributed by atoms with Gasteiger partial charge in [-0.1, -0.05) is 0 Å². The quantitative estimate of drug-likeness (QED) is 0.727. The van der Waals surface area contributed by atoms with E-state index in [0.29, 0.717) is 11.8 Å². The van der Waals surface area contributed by atoms with Crippen LogP contribution in [-0.4, -0.2) is 59.2 Å². The van der Waals surface area contributed by atoms with Crippen LogP contribution in [0.5, 0.6) is 0 Å². The lowest BCUT2D eigenvalue weighted by atomic mass is 9.64. The van der Waals surface area contributed by atoms with E-state index in [9.17, 15) is 14.4 Å². The molecule has 1 N–H and O–H groups in total. The summed E-state index contributed by atoms with van der Waals surface area (Å²) in [6.45, 7) is 3.15. The molecule has 5 rings (SSSR count). The Morgan fingerprint density at radius 1 is 1.14 bits per heavy atom. The summed E-state index contributed by atoms with van der Waals surface area (Å²) in [6.07, 6.45) is 3.88. The van der Waals surface area contributed by atoms with E-state index in [1.54, 1.807) is 0 Å². The molecule has 1 saturated carbocycles. The van der Waals surface area contributed by atoms with Gasteiger partial charge in [-0.25, -0.2) is 0 Å². The topological polar surface area (TPSA) is 69.7 Å². The Hall–Kier alpha value is -1.43. The van der Waals surface area contributed by atoms with Crippen molar-refractivity contribution in [2.24, 2.45) is 11.8 Å². The van der Waals surface area contributed by atoms with Crippen LogP contribution in [-0.2, 0) is 14.4 Å². The Morgan fingerprint density at radius 2 is 1.76 bits per heavy atom. The van der Waals surface area contributed by atoms with Gasteiger partial charge in [0.1, 0.15) is 6.54 Å². The van der Waals surface area contributed by atoms with E-state index in [2.05, 4.69) is 10.2 Å². The normalized spacial score (nSPS) is 41.0. The second-order valence-electron chi connectivity index (χ2n) is 7.27. The molecule has 21 heavy (non-hydrogen) atoms. The standard InChI is InChI=1S/C15H21N3O3/c19-12(8-18-13(20)1-2-14(18)21)16-15-4-10-3-11(5-15)7-17(6-10)9-15/h10-11H,1-9H2,(H,16,19)/t10-,11+,15?. The third-order valence-electron chi connectivity index (χ3n) is 5.45. The number of hydrogen-bond donors (Lipinski definition) is 1. The number of nitrogens with zero attached hydrogens (tertiary/aromatic N) is 2. The number of hydrogen-bond acceptors (Lipinski definition) is 4. The molecular formula is C15H21N3O3. The van der Waals surface area contributed by atoms with Gasteiger partial charge in [0.2, 0.25) is 17.7 Å². The monoisotopic (exact) mass is 291 g/mol. The fraction of sp³-hybridized carbons (Fsp3) is 0.800. The lowest BCUT2D eigenvalue weighted by molar-refractivity contribution is -0.144. The summed E-state index contributed by atoms with van der Waals surface area (Å²) >= 11 is 0. The zero-order chi connectivity index (χ0) is 14.6. The van der Waals surface area contributed by atoms with Crippen molar-refractivity contribution in [1.82, 2.24) is 15.1 Å². The maximum absolute atomic E-state index is 12.3. The van der Waals surface area contributed by atoms with Crippen molar-refractivity contribution in [3.63, 3.8) is 0 Å². The Balaban J connectivity index is 1.42. The Labute approximate surface area is 123 Å². The van der Waals surface area contributed by atoms with Crippen molar-refractivity contribution in [3.05, 3.63) is 0 Å². The summed E-state index contributed by atoms with van der Waals surface area (Å²) in [5.41, 5.74) is -0.118. The Morgan fingerprint density at radius 3 is 2.33 bits per heavy atom. The van der Waals surface area contributed by atoms with Gasteiger partial charge in [-0.05, 0) is 31.1 Å². The molecule has 0 spiro atoms. The first-order chi connectivity index (χ1) is 10.0. The summed E-state index contributed by atoms with van der Waals surface area (Å²) in [5, 5.41) is 3.17. The van der Waals surface area contributed by atoms with E-state index in [1.807, 2.05) is 0 Å². The largest absolute Gasteiger partial charge is 0.348 e. The molecule has 0 aromatic heterocycles. The molecule has 1 aliphatic carbocycles. The molecule has 114 valence electrons. The maximum atomic E-state index is 12.3. The van der Waals surface area contributed by atoms with Gasteiger partial charge < -0.3 is 10.2 Å². The lowest BCUT2D eigenvalue weighted by Crippen LogP contribution is -2.69. The molecule has 4 atom stereocenters. The highest BCUT2D eigenvalue weighted by Crippen LogP contribution is 2.45. The number of likely N-dealkylation sites (tertiary alicyclic amines) is 1. The molecule has 3 amide bonds. The van der Waals surface area contributed by atoms with E-state index >= 15 is 0 Å². The van der Waals surface area contributed by atoms with Crippen LogP contribution >= 0.6 is 0 Å². The molecule has 5 aliphatic rings. The van der Waals surface area contributed by atoms with Crippen molar-refractivity contribution in [3.8, 4) is 0 Å². The summed E-state index contributed by atoms with van der Waals surface area (Å²) in [6, 6.07) is 0. The second-order valence-corrected chi connectivity index (χ2v) is 7.27. The SMILES string of the molecule is O=C(CN1C(=O)CCC1=O)NC12C[C@@H]3C[C@@H](CN(C3)C1)C2. The molecule has 4 heterocycles. The van der Waals surface area contributed by atoms with Crippen LogP contribution in [0.25, 0.3) is 0 Å². The highest BCUT2D eigenvalue weighted by atomic mass is 16.2. The minimum absolute atomic E-state index is 0.102. The molecule has 0 aromatic carbocycles. The minimum atomic E-state index is -0.218. The summed E-state index contributed by atoms with van der Waals surface area (Å²) in [7, 11) is 0. The number of carbonyl (C=O) groups is 3. The maximum Gasteiger partial charge on any atom is 0.240 e. The third-order valence-corrected chi connectivity index (χ3v) is 5.45. The van der Waals surface area contributed by atoms with Gasteiger partial charge in [0.15, 0.2) is 0 Å². The fourth-order valence-electron chi connectivity index (χ4n) is 5.02. The van der Waals surface area contributed by atoms with E-state index < -0.39 is 0 Å². The first-order valence-corrected chi connectivity index (χ1v) is 7.90. The van der Waals surface area contributed by atoms with Gasteiger partial charge in [-0.3, -0.25) is 19.3 Å². The van der Waals surface area contributed by atoms with Crippen LogP contribution in [0.4, 0.5) is 0 Å². The van der Waals surface area contributed by atoms with Crippen molar-refractivity contribution < 1.29 is 14.4 Å². The molecule has 4 bridgehead atoms. The highest BCUT2D eigenvalue weighted by Gasteiger charge is 2.51. The number of nitrogens with one attached hydrogen (secondary N) is 1. The molecule has 6 heteroatoms. The van der Waals surface area contributed by atoms with Gasteiger partial charge in [-0.2, -0.15) is 0 Å². The van der Waals surface area contributed by atoms with Crippen LogP contribution in [0.2, 0.25) is 0 Å². The number of imide groups is 1. The van der Waals surface area contributed by atoms with Gasteiger partial charge in [0.25, 0.3) is 0 Å². The highest BCUT2D eigenvalue weighted by molar-refractivity contribution is 6.04. The van der Waals surface area contributed by atoms with Crippen LogP contribution in [0, 0.1) is 11.8 Å². The fourth-order valence-corrected chi connectivity index (χ4v) is 5.02. The zero-order valence-electron chi connectivity index (χ0n) is 12.1. The predicted molar refractivity (Wildman–Crippen MR) is 74.1 cm³/mol. The molecule has 0 radical (unpaired) electrons. The predicted octanol–water partition coefficient (Wildman–Crippen LogP) is -0.264. The van der Waals surface area contributed by atoms with Gasteiger partial charge in [0, 0.05) is 32.5 Å². The third kappa shape index (κ3) is 2.25. The minimum Gasteiger partial charge on any atom is -0.348 e. The van der Waals surface area contributed by atoms with E-state index in [4.69, 9.17) is 0 Å². The molecule has 5 fully saturated rings. The summed E-state index contributed by atoms with van der Waals surface area (Å²) in [5.74, 6) is 0.777. The van der Waals surface area contributed by atoms with Crippen LogP contribution in [0.1, 0.15) is 32.1 Å². The van der Waals surface area contributed by atoms with Crippen molar-refractivity contribution >= 4 is 17.7 Å². The average molecular weight is 291 g/mol. The molecule has 2 unspecified atom stereocenters. The van der Waals surface area contributed by atoms with Crippen molar-refractivity contribution in [2.45, 2.75) is 37.6 Å². The molecule has 6 nitrogen and oxygen atoms in total. The number of rotatable bonds is 3. The van der Waals surface area contributed by atoms with E-state index in [-0.39, 0.29) is 42.6 Å². The first-order valence-electron chi connectivity index (χ1n) is 7.90. The van der Waals surface area contributed by atoms with E-state index in [1.165, 1.54) is 6.42 Å². The second kappa shape index (κ2) is 4.53. The van der Waals surface area contributed by atoms with Gasteiger partial charge in [-0.15, -0.1) is 0 Å². The molecule has 0 aromatic rings. The number of carbonyl (C=O) groups excluding carboxylic acids is 3. The smallest absolute Gasteiger partial charge is 0.240 e. The van der Waals surface area contributed by atoms with Crippen LogP contribution in [0.15, 0.2) is 0 Å². The van der Waals surface area contributed by atoms with E-state index in [0.717, 1.165) is 37.4 Å². The number of piperidine rings is 3. The summed E-state index contributed by atoms with van der Waals surface area (Å²) in [4.78, 5) is 39.1. The average Bonchev–Trinajstić information content (AvgIpc) is 2.68. The zero-order valence-corrected chi connectivity index (χ0v) is 12.1. The number of amides is 3. The van der Waals surface area contributed by atoms with Crippen molar-refractivity contribution in [2.75, 3.05) is 26.2 Å². The summed E-state index contributed by atoms with van der Waals surface area (Å²) < 4.78 is 0. The van der Waals surface area contributed by atoms with Crippen molar-refractivity contribution in [1.29, 1.82) is 0 Å². The Bertz CT molecular complexity index is 465. The molecule has 4 aliphatic heterocycles. The first kappa shape index (κ1) is 13.2. The van der Waals surface area contributed by atoms with Crippen LogP contribution in [0.3, 0.4) is 0 Å². The lowest BCUT2D eigenvalue weighted by Gasteiger charge is -2.58. The Kier molecular flexibility index (Phi) is 2.86. The van der Waals surface area contributed by atoms with Gasteiger partial charge in [0.05, 0.1) is 5.54 Å².